The maximum absolute atomic E-state index is 12.6. The molecule has 28 heavy (non-hydrogen) atoms. The van der Waals surface area contributed by atoms with Crippen molar-refractivity contribution in [1.29, 1.82) is 0 Å². The van der Waals surface area contributed by atoms with Crippen LogP contribution in [0.1, 0.15) is 63.8 Å². The predicted octanol–water partition coefficient (Wildman–Crippen LogP) is 1.62. The van der Waals surface area contributed by atoms with Gasteiger partial charge in [0.2, 0.25) is 11.8 Å². The first kappa shape index (κ1) is 20.6. The SMILES string of the molecule is CCOC(C)c1noc(CNC(=NC)NC2CCN(C(=O)C3CCCC3)C2)n1. The number of nitrogens with one attached hydrogen (secondary N) is 2. The Balaban J connectivity index is 1.44. The fourth-order valence-electron chi connectivity index (χ4n) is 3.89. The summed E-state index contributed by atoms with van der Waals surface area (Å²) in [6.45, 7) is 6.34. The zero-order valence-corrected chi connectivity index (χ0v) is 17.1. The highest BCUT2D eigenvalue weighted by Gasteiger charge is 2.32. The second-order valence-electron chi connectivity index (χ2n) is 7.47. The summed E-state index contributed by atoms with van der Waals surface area (Å²) in [6.07, 6.45) is 5.19. The van der Waals surface area contributed by atoms with E-state index in [4.69, 9.17) is 9.26 Å². The lowest BCUT2D eigenvalue weighted by atomic mass is 10.1. The van der Waals surface area contributed by atoms with Gasteiger partial charge in [0.25, 0.3) is 0 Å². The molecule has 2 N–H and O–H groups in total. The molecule has 3 rings (SSSR count). The van der Waals surface area contributed by atoms with Gasteiger partial charge < -0.3 is 24.8 Å². The Morgan fingerprint density at radius 3 is 2.89 bits per heavy atom. The lowest BCUT2D eigenvalue weighted by Gasteiger charge is -2.21. The highest BCUT2D eigenvalue weighted by molar-refractivity contribution is 5.81. The highest BCUT2D eigenvalue weighted by atomic mass is 16.5. The monoisotopic (exact) mass is 392 g/mol. The third-order valence-electron chi connectivity index (χ3n) is 5.44. The molecule has 1 saturated carbocycles. The van der Waals surface area contributed by atoms with Crippen molar-refractivity contribution in [3.63, 3.8) is 0 Å². The van der Waals surface area contributed by atoms with Crippen molar-refractivity contribution in [2.75, 3.05) is 26.7 Å². The lowest BCUT2D eigenvalue weighted by molar-refractivity contribution is -0.134. The molecule has 0 bridgehead atoms. The van der Waals surface area contributed by atoms with Crippen LogP contribution in [0.15, 0.2) is 9.52 Å². The van der Waals surface area contributed by atoms with E-state index in [0.717, 1.165) is 32.4 Å². The Hall–Kier alpha value is -2.16. The van der Waals surface area contributed by atoms with Gasteiger partial charge in [-0.3, -0.25) is 9.79 Å². The first-order chi connectivity index (χ1) is 13.6. The van der Waals surface area contributed by atoms with Crippen LogP contribution in [0.4, 0.5) is 0 Å². The molecular weight excluding hydrogens is 360 g/mol. The minimum atomic E-state index is -0.193. The zero-order chi connectivity index (χ0) is 19.9. The number of likely N-dealkylation sites (tertiary alicyclic amines) is 1. The van der Waals surface area contributed by atoms with E-state index in [9.17, 15) is 4.79 Å². The van der Waals surface area contributed by atoms with Gasteiger partial charge in [0.15, 0.2) is 11.8 Å². The Morgan fingerprint density at radius 2 is 2.18 bits per heavy atom. The smallest absolute Gasteiger partial charge is 0.246 e. The molecule has 1 amide bonds. The van der Waals surface area contributed by atoms with Gasteiger partial charge in [0.1, 0.15) is 6.10 Å². The molecule has 0 radical (unpaired) electrons. The number of rotatable bonds is 7. The number of ether oxygens (including phenoxy) is 1. The van der Waals surface area contributed by atoms with Gasteiger partial charge in [-0.05, 0) is 33.1 Å². The van der Waals surface area contributed by atoms with Crippen LogP contribution in [0.25, 0.3) is 0 Å². The second kappa shape index (κ2) is 9.86. The van der Waals surface area contributed by atoms with Crippen molar-refractivity contribution >= 4 is 11.9 Å². The molecule has 0 aromatic carbocycles. The number of amides is 1. The first-order valence-corrected chi connectivity index (χ1v) is 10.3. The number of hydrogen-bond acceptors (Lipinski definition) is 6. The number of nitrogens with zero attached hydrogens (tertiary/aromatic N) is 4. The largest absolute Gasteiger partial charge is 0.371 e. The molecular formula is C19H32N6O3. The van der Waals surface area contributed by atoms with Gasteiger partial charge in [-0.25, -0.2) is 0 Å². The summed E-state index contributed by atoms with van der Waals surface area (Å²) < 4.78 is 10.7. The van der Waals surface area contributed by atoms with Crippen LogP contribution in [0, 0.1) is 5.92 Å². The van der Waals surface area contributed by atoms with Gasteiger partial charge in [-0.15, -0.1) is 0 Å². The number of aromatic nitrogens is 2. The van der Waals surface area contributed by atoms with Crippen LogP contribution in [0.3, 0.4) is 0 Å². The molecule has 2 aliphatic rings. The van der Waals surface area contributed by atoms with E-state index in [2.05, 4.69) is 25.8 Å². The Labute approximate surface area is 166 Å². The van der Waals surface area contributed by atoms with E-state index in [1.807, 2.05) is 18.7 Å². The summed E-state index contributed by atoms with van der Waals surface area (Å²) in [4.78, 5) is 23.2. The fourth-order valence-corrected chi connectivity index (χ4v) is 3.89. The van der Waals surface area contributed by atoms with Crippen LogP contribution in [-0.4, -0.2) is 59.7 Å². The van der Waals surface area contributed by atoms with E-state index in [1.165, 1.54) is 12.8 Å². The number of guanidine groups is 1. The molecule has 9 heteroatoms. The molecule has 9 nitrogen and oxygen atoms in total. The molecule has 156 valence electrons. The topological polar surface area (TPSA) is 105 Å². The summed E-state index contributed by atoms with van der Waals surface area (Å²) in [5.41, 5.74) is 0. The van der Waals surface area contributed by atoms with Crippen LogP contribution in [0.2, 0.25) is 0 Å². The maximum Gasteiger partial charge on any atom is 0.246 e. The summed E-state index contributed by atoms with van der Waals surface area (Å²) in [7, 11) is 1.72. The quantitative estimate of drug-likeness (QED) is 0.537. The van der Waals surface area contributed by atoms with E-state index in [-0.39, 0.29) is 18.1 Å². The average molecular weight is 393 g/mol. The number of carbonyl (C=O) groups excluding carboxylic acids is 1. The third-order valence-corrected chi connectivity index (χ3v) is 5.44. The van der Waals surface area contributed by atoms with Gasteiger partial charge in [0, 0.05) is 38.7 Å². The van der Waals surface area contributed by atoms with E-state index in [0.29, 0.717) is 36.7 Å². The Morgan fingerprint density at radius 1 is 1.39 bits per heavy atom. The van der Waals surface area contributed by atoms with Gasteiger partial charge in [-0.2, -0.15) is 4.98 Å². The first-order valence-electron chi connectivity index (χ1n) is 10.3. The van der Waals surface area contributed by atoms with Crippen LogP contribution in [-0.2, 0) is 16.1 Å². The number of hydrogen-bond donors (Lipinski definition) is 2. The lowest BCUT2D eigenvalue weighted by Crippen LogP contribution is -2.45. The van der Waals surface area contributed by atoms with Gasteiger partial charge in [-0.1, -0.05) is 18.0 Å². The van der Waals surface area contributed by atoms with Crippen molar-refractivity contribution in [3.8, 4) is 0 Å². The molecule has 1 aromatic heterocycles. The predicted molar refractivity (Wildman–Crippen MR) is 105 cm³/mol. The summed E-state index contributed by atoms with van der Waals surface area (Å²) in [5.74, 6) is 2.25. The molecule has 2 atom stereocenters. The maximum atomic E-state index is 12.6. The molecule has 2 unspecified atom stereocenters. The highest BCUT2D eigenvalue weighted by Crippen LogP contribution is 2.27. The summed E-state index contributed by atoms with van der Waals surface area (Å²) in [5, 5.41) is 10.5. The summed E-state index contributed by atoms with van der Waals surface area (Å²) >= 11 is 0. The van der Waals surface area contributed by atoms with E-state index in [1.54, 1.807) is 7.05 Å². The molecule has 2 heterocycles. The molecule has 0 spiro atoms. The van der Waals surface area contributed by atoms with E-state index >= 15 is 0 Å². The minimum Gasteiger partial charge on any atom is -0.371 e. The Kier molecular flexibility index (Phi) is 7.24. The second-order valence-corrected chi connectivity index (χ2v) is 7.47. The van der Waals surface area contributed by atoms with Crippen molar-refractivity contribution < 1.29 is 14.1 Å². The van der Waals surface area contributed by atoms with Crippen molar-refractivity contribution in [3.05, 3.63) is 11.7 Å². The van der Waals surface area contributed by atoms with Crippen molar-refractivity contribution in [2.24, 2.45) is 10.9 Å². The molecule has 2 fully saturated rings. The number of aliphatic imine (C=N–C) groups is 1. The van der Waals surface area contributed by atoms with Crippen molar-refractivity contribution in [1.82, 2.24) is 25.7 Å². The number of carbonyl (C=O) groups is 1. The minimum absolute atomic E-state index is 0.193. The van der Waals surface area contributed by atoms with Crippen LogP contribution >= 0.6 is 0 Å². The molecule has 1 aliphatic heterocycles. The van der Waals surface area contributed by atoms with Crippen LogP contribution < -0.4 is 10.6 Å². The normalized spacial score (nSPS) is 21.9. The summed E-state index contributed by atoms with van der Waals surface area (Å²) in [6, 6.07) is 0.202. The standard InChI is InChI=1S/C19H32N6O3/c1-4-27-13(2)17-23-16(28-24-17)11-21-19(20-3)22-15-9-10-25(12-15)18(26)14-7-5-6-8-14/h13-15H,4-12H2,1-3H3,(H2,20,21,22). The average Bonchev–Trinajstić information content (AvgIpc) is 3.46. The van der Waals surface area contributed by atoms with Gasteiger partial charge >= 0.3 is 0 Å². The van der Waals surface area contributed by atoms with Crippen LogP contribution in [0.5, 0.6) is 0 Å². The fraction of sp³-hybridized carbons (Fsp3) is 0.789. The molecule has 1 aromatic rings. The molecule has 1 aliphatic carbocycles. The zero-order valence-electron chi connectivity index (χ0n) is 17.1. The van der Waals surface area contributed by atoms with E-state index < -0.39 is 0 Å². The van der Waals surface area contributed by atoms with Gasteiger partial charge in [0.05, 0.1) is 6.54 Å². The molecule has 1 saturated heterocycles. The Bertz CT molecular complexity index is 670. The third kappa shape index (κ3) is 5.21. The van der Waals surface area contributed by atoms with Crippen molar-refractivity contribution in [2.45, 2.75) is 64.6 Å².